The number of nitrogens with one attached hydrogen (secondary N) is 2. The van der Waals surface area contributed by atoms with E-state index in [1.165, 1.54) is 10.6 Å². The highest BCUT2D eigenvalue weighted by atomic mass is 16.2. The third kappa shape index (κ3) is 4.43. The van der Waals surface area contributed by atoms with Gasteiger partial charge < -0.3 is 10.6 Å². The molecule has 0 fully saturated rings. The van der Waals surface area contributed by atoms with Gasteiger partial charge in [-0.2, -0.15) is 0 Å². The van der Waals surface area contributed by atoms with Crippen LogP contribution in [0.3, 0.4) is 0 Å². The van der Waals surface area contributed by atoms with Gasteiger partial charge in [0.2, 0.25) is 5.91 Å². The number of hydrogen-bond donors (Lipinski definition) is 2. The molecule has 2 heterocycles. The predicted molar refractivity (Wildman–Crippen MR) is 109 cm³/mol. The summed E-state index contributed by atoms with van der Waals surface area (Å²) in [5, 5.41) is 5.49. The molecule has 0 aliphatic carbocycles. The van der Waals surface area contributed by atoms with Gasteiger partial charge in [0.15, 0.2) is 0 Å². The highest BCUT2D eigenvalue weighted by molar-refractivity contribution is 6.04. The summed E-state index contributed by atoms with van der Waals surface area (Å²) >= 11 is 0. The second-order valence-electron chi connectivity index (χ2n) is 7.09. The van der Waals surface area contributed by atoms with Crippen molar-refractivity contribution in [1.82, 2.24) is 9.38 Å². The van der Waals surface area contributed by atoms with Crippen molar-refractivity contribution in [2.75, 3.05) is 10.6 Å². The first-order valence-corrected chi connectivity index (χ1v) is 9.03. The Hall–Kier alpha value is -3.48. The second kappa shape index (κ2) is 8.04. The molecule has 0 saturated heterocycles. The lowest BCUT2D eigenvalue weighted by Gasteiger charge is -2.09. The lowest BCUT2D eigenvalue weighted by molar-refractivity contribution is -0.116. The maximum atomic E-state index is 12.6. The molecule has 0 atom stereocenters. The summed E-state index contributed by atoms with van der Waals surface area (Å²) < 4.78 is 1.36. The molecule has 2 aromatic heterocycles. The van der Waals surface area contributed by atoms with Crippen LogP contribution in [0.1, 0.15) is 36.2 Å². The van der Waals surface area contributed by atoms with Crippen molar-refractivity contribution in [1.29, 1.82) is 0 Å². The number of amides is 2. The van der Waals surface area contributed by atoms with E-state index in [2.05, 4.69) is 15.6 Å². The van der Waals surface area contributed by atoms with Crippen LogP contribution in [0.5, 0.6) is 0 Å². The number of carbonyl (C=O) groups excluding carboxylic acids is 2. The number of anilines is 2. The summed E-state index contributed by atoms with van der Waals surface area (Å²) in [6.45, 7) is 5.81. The molecule has 0 spiro atoms. The van der Waals surface area contributed by atoms with E-state index in [4.69, 9.17) is 0 Å². The Balaban J connectivity index is 1.74. The van der Waals surface area contributed by atoms with E-state index in [1.807, 2.05) is 26.8 Å². The summed E-state index contributed by atoms with van der Waals surface area (Å²) in [7, 11) is 0. The van der Waals surface area contributed by atoms with Gasteiger partial charge in [-0.15, -0.1) is 0 Å². The van der Waals surface area contributed by atoms with Crippen molar-refractivity contribution in [3.8, 4) is 0 Å². The van der Waals surface area contributed by atoms with Gasteiger partial charge in [-0.25, -0.2) is 4.98 Å². The molecule has 2 amide bonds. The van der Waals surface area contributed by atoms with Crippen molar-refractivity contribution in [2.45, 2.75) is 27.2 Å². The van der Waals surface area contributed by atoms with Crippen LogP contribution in [0, 0.1) is 12.8 Å². The van der Waals surface area contributed by atoms with Crippen molar-refractivity contribution in [3.63, 3.8) is 0 Å². The number of aryl methyl sites for hydroxylation is 1. The van der Waals surface area contributed by atoms with Crippen LogP contribution in [0.4, 0.5) is 11.4 Å². The topological polar surface area (TPSA) is 92.6 Å². The molecule has 0 radical (unpaired) electrons. The van der Waals surface area contributed by atoms with Crippen molar-refractivity contribution < 1.29 is 9.59 Å². The van der Waals surface area contributed by atoms with Gasteiger partial charge in [-0.3, -0.25) is 18.8 Å². The third-order valence-electron chi connectivity index (χ3n) is 4.11. The minimum Gasteiger partial charge on any atom is -0.326 e. The molecule has 0 unspecified atom stereocenters. The van der Waals surface area contributed by atoms with Gasteiger partial charge in [-0.1, -0.05) is 19.9 Å². The molecular weight excluding hydrogens is 356 g/mol. The van der Waals surface area contributed by atoms with E-state index in [1.54, 1.807) is 36.5 Å². The zero-order valence-corrected chi connectivity index (χ0v) is 16.0. The third-order valence-corrected chi connectivity index (χ3v) is 4.11. The Kier molecular flexibility index (Phi) is 5.54. The van der Waals surface area contributed by atoms with E-state index >= 15 is 0 Å². The maximum Gasteiger partial charge on any atom is 0.270 e. The molecule has 1 aromatic carbocycles. The second-order valence-corrected chi connectivity index (χ2v) is 7.09. The van der Waals surface area contributed by atoms with E-state index in [0.717, 1.165) is 5.56 Å². The van der Waals surface area contributed by atoms with Gasteiger partial charge in [-0.05, 0) is 48.7 Å². The van der Waals surface area contributed by atoms with Crippen molar-refractivity contribution in [3.05, 3.63) is 70.3 Å². The van der Waals surface area contributed by atoms with E-state index in [0.29, 0.717) is 23.4 Å². The fourth-order valence-corrected chi connectivity index (χ4v) is 2.76. The number of rotatable bonds is 5. The monoisotopic (exact) mass is 378 g/mol. The Bertz CT molecular complexity index is 1080. The van der Waals surface area contributed by atoms with E-state index in [-0.39, 0.29) is 17.4 Å². The van der Waals surface area contributed by atoms with Crippen LogP contribution >= 0.6 is 0 Å². The van der Waals surface area contributed by atoms with Crippen LogP contribution < -0.4 is 16.2 Å². The number of fused-ring (bicyclic) bond motifs is 1. The first-order valence-electron chi connectivity index (χ1n) is 9.03. The average Bonchev–Trinajstić information content (AvgIpc) is 2.63. The normalized spacial score (nSPS) is 10.9. The van der Waals surface area contributed by atoms with Gasteiger partial charge in [0, 0.05) is 30.2 Å². The fraction of sp³-hybridized carbons (Fsp3) is 0.238. The first-order chi connectivity index (χ1) is 13.3. The van der Waals surface area contributed by atoms with E-state index < -0.39 is 11.5 Å². The molecular formula is C21H22N4O3. The van der Waals surface area contributed by atoms with Gasteiger partial charge in [0.1, 0.15) is 11.2 Å². The maximum absolute atomic E-state index is 12.6. The number of aromatic nitrogens is 2. The first kappa shape index (κ1) is 19.3. The van der Waals surface area contributed by atoms with Crippen molar-refractivity contribution in [2.24, 2.45) is 5.92 Å². The smallest absolute Gasteiger partial charge is 0.270 e. The number of nitrogens with zero attached hydrogens (tertiary/aromatic N) is 2. The summed E-state index contributed by atoms with van der Waals surface area (Å²) in [5.74, 6) is -0.320. The number of hydrogen-bond acceptors (Lipinski definition) is 4. The molecule has 0 aliphatic heterocycles. The molecule has 2 N–H and O–H groups in total. The highest BCUT2D eigenvalue weighted by Gasteiger charge is 2.14. The molecule has 7 heteroatoms. The Morgan fingerprint density at radius 3 is 2.32 bits per heavy atom. The minimum absolute atomic E-state index is 0.0441. The zero-order chi connectivity index (χ0) is 20.3. The standard InChI is InChI=1S/C21H22N4O3/c1-13(2)10-19(26)23-15-5-7-16(8-6-15)24-20(27)17-11-22-18-9-4-14(3)12-25(18)21(17)28/h4-9,11-13H,10H2,1-3H3,(H,23,26)(H,24,27). The fourth-order valence-electron chi connectivity index (χ4n) is 2.76. The number of pyridine rings is 1. The SMILES string of the molecule is Cc1ccc2ncc(C(=O)Nc3ccc(NC(=O)CC(C)C)cc3)c(=O)n2c1. The van der Waals surface area contributed by atoms with Crippen LogP contribution in [0.25, 0.3) is 5.65 Å². The van der Waals surface area contributed by atoms with Gasteiger partial charge >= 0.3 is 0 Å². The molecule has 0 saturated carbocycles. The van der Waals surface area contributed by atoms with Crippen LogP contribution in [0.2, 0.25) is 0 Å². The summed E-state index contributed by atoms with van der Waals surface area (Å²) in [4.78, 5) is 41.1. The molecule has 3 rings (SSSR count). The van der Waals surface area contributed by atoms with E-state index in [9.17, 15) is 14.4 Å². The molecule has 0 bridgehead atoms. The zero-order valence-electron chi connectivity index (χ0n) is 16.0. The minimum atomic E-state index is -0.537. The molecule has 0 aliphatic rings. The molecule has 144 valence electrons. The summed E-state index contributed by atoms with van der Waals surface area (Å²) in [6, 6.07) is 10.3. The quantitative estimate of drug-likeness (QED) is 0.713. The van der Waals surface area contributed by atoms with Crippen LogP contribution in [-0.2, 0) is 4.79 Å². The molecule has 7 nitrogen and oxygen atoms in total. The van der Waals surface area contributed by atoms with Crippen LogP contribution in [-0.4, -0.2) is 21.2 Å². The Labute approximate surface area is 162 Å². The molecule has 3 aromatic rings. The average molecular weight is 378 g/mol. The lowest BCUT2D eigenvalue weighted by atomic mass is 10.1. The Morgan fingerprint density at radius 2 is 1.68 bits per heavy atom. The predicted octanol–water partition coefficient (Wildman–Crippen LogP) is 3.24. The highest BCUT2D eigenvalue weighted by Crippen LogP contribution is 2.15. The van der Waals surface area contributed by atoms with Crippen molar-refractivity contribution >= 4 is 28.8 Å². The largest absolute Gasteiger partial charge is 0.326 e. The summed E-state index contributed by atoms with van der Waals surface area (Å²) in [5.41, 5.74) is 2.06. The summed E-state index contributed by atoms with van der Waals surface area (Å²) in [6.07, 6.45) is 3.37. The number of carbonyl (C=O) groups is 2. The van der Waals surface area contributed by atoms with Crippen LogP contribution in [0.15, 0.2) is 53.6 Å². The van der Waals surface area contributed by atoms with Gasteiger partial charge in [0.25, 0.3) is 11.5 Å². The lowest BCUT2D eigenvalue weighted by Crippen LogP contribution is -2.26. The van der Waals surface area contributed by atoms with Gasteiger partial charge in [0.05, 0.1) is 0 Å². The number of benzene rings is 1. The molecule has 28 heavy (non-hydrogen) atoms. The Morgan fingerprint density at radius 1 is 1.04 bits per heavy atom.